The highest BCUT2D eigenvalue weighted by atomic mass is 32.2. The maximum atomic E-state index is 14.0. The summed E-state index contributed by atoms with van der Waals surface area (Å²) in [5, 5.41) is 10.1. The molecule has 1 aromatic heterocycles. The maximum absolute atomic E-state index is 14.0. The van der Waals surface area contributed by atoms with Gasteiger partial charge in [0.05, 0.1) is 17.5 Å². The standard InChI is InChI=1S/C28H36N2O5S2/c1-16-8-10-18(11-9-16)25(31)30(37-19-12-13-20-21(14-19)27(33)29(2)26(20)32)22-15-23(36-24(22)28(34)35)17-6-4-3-5-7-17/h6,15-16,18-21H,3-5,7-14H2,1-2H3,(H,34,35). The van der Waals surface area contributed by atoms with Crippen molar-refractivity contribution in [3.8, 4) is 0 Å². The van der Waals surface area contributed by atoms with E-state index in [1.54, 1.807) is 11.4 Å². The summed E-state index contributed by atoms with van der Waals surface area (Å²) in [5.74, 6) is -1.40. The van der Waals surface area contributed by atoms with Crippen LogP contribution in [-0.4, -0.2) is 46.0 Å². The fourth-order valence-electron chi connectivity index (χ4n) is 6.36. The topological polar surface area (TPSA) is 95.0 Å². The monoisotopic (exact) mass is 544 g/mol. The first-order valence-corrected chi connectivity index (χ1v) is 15.3. The van der Waals surface area contributed by atoms with E-state index in [2.05, 4.69) is 13.0 Å². The van der Waals surface area contributed by atoms with Crippen molar-refractivity contribution in [1.29, 1.82) is 0 Å². The lowest BCUT2D eigenvalue weighted by atomic mass is 9.81. The summed E-state index contributed by atoms with van der Waals surface area (Å²) in [6.07, 6.45) is 11.8. The van der Waals surface area contributed by atoms with Gasteiger partial charge in [-0.2, -0.15) is 0 Å². The Labute approximate surface area is 226 Å². The number of nitrogens with zero attached hydrogens (tertiary/aromatic N) is 2. The molecule has 200 valence electrons. The lowest BCUT2D eigenvalue weighted by molar-refractivity contribution is -0.138. The van der Waals surface area contributed by atoms with Crippen molar-refractivity contribution >= 4 is 58.2 Å². The molecule has 3 fully saturated rings. The smallest absolute Gasteiger partial charge is 0.348 e. The Bertz CT molecular complexity index is 1120. The van der Waals surface area contributed by atoms with Crippen molar-refractivity contribution in [2.24, 2.45) is 23.7 Å². The largest absolute Gasteiger partial charge is 0.477 e. The number of likely N-dealkylation sites (tertiary alicyclic amines) is 1. The van der Waals surface area contributed by atoms with Crippen LogP contribution < -0.4 is 4.31 Å². The number of hydrogen-bond donors (Lipinski definition) is 1. The van der Waals surface area contributed by atoms with Gasteiger partial charge in [-0.1, -0.05) is 13.0 Å². The van der Waals surface area contributed by atoms with Crippen LogP contribution in [0.3, 0.4) is 0 Å². The van der Waals surface area contributed by atoms with E-state index in [0.29, 0.717) is 30.9 Å². The lowest BCUT2D eigenvalue weighted by Crippen LogP contribution is -2.37. The Morgan fingerprint density at radius 3 is 2.46 bits per heavy atom. The molecule has 9 heteroatoms. The van der Waals surface area contributed by atoms with E-state index in [-0.39, 0.29) is 45.6 Å². The molecule has 3 unspecified atom stereocenters. The molecule has 1 N–H and O–H groups in total. The average Bonchev–Trinajstić information content (AvgIpc) is 3.44. The van der Waals surface area contributed by atoms with E-state index in [1.807, 2.05) is 6.07 Å². The van der Waals surface area contributed by atoms with Gasteiger partial charge in [-0.15, -0.1) is 11.3 Å². The Kier molecular flexibility index (Phi) is 7.82. The van der Waals surface area contributed by atoms with Gasteiger partial charge in [0.1, 0.15) is 4.88 Å². The third-order valence-corrected chi connectivity index (χ3v) is 11.2. The quantitative estimate of drug-likeness (QED) is 0.349. The molecule has 1 aliphatic heterocycles. The molecule has 1 saturated heterocycles. The second-order valence-electron chi connectivity index (χ2n) is 11.2. The van der Waals surface area contributed by atoms with E-state index >= 15 is 0 Å². The molecule has 3 atom stereocenters. The Balaban J connectivity index is 1.45. The van der Waals surface area contributed by atoms with Crippen LogP contribution in [0.2, 0.25) is 0 Å². The second kappa shape index (κ2) is 10.9. The zero-order valence-electron chi connectivity index (χ0n) is 21.6. The zero-order chi connectivity index (χ0) is 26.3. The van der Waals surface area contributed by atoms with E-state index in [4.69, 9.17) is 0 Å². The average molecular weight is 545 g/mol. The number of fused-ring (bicyclic) bond motifs is 1. The molecule has 1 aromatic rings. The molecule has 4 aliphatic rings. The van der Waals surface area contributed by atoms with Crippen LogP contribution in [0.25, 0.3) is 5.57 Å². The summed E-state index contributed by atoms with van der Waals surface area (Å²) >= 11 is 2.66. The first kappa shape index (κ1) is 26.5. The Hall–Kier alpha value is -2.13. The van der Waals surface area contributed by atoms with Gasteiger partial charge in [0.2, 0.25) is 17.7 Å². The van der Waals surface area contributed by atoms with Crippen molar-refractivity contribution in [2.75, 3.05) is 11.4 Å². The fourth-order valence-corrected chi connectivity index (χ4v) is 8.81. The van der Waals surface area contributed by atoms with Crippen LogP contribution in [-0.2, 0) is 14.4 Å². The minimum absolute atomic E-state index is 0.0190. The maximum Gasteiger partial charge on any atom is 0.348 e. The molecule has 2 heterocycles. The number of amides is 3. The summed E-state index contributed by atoms with van der Waals surface area (Å²) in [6, 6.07) is 1.91. The number of carboxylic acids is 1. The third kappa shape index (κ3) is 5.26. The fraction of sp³-hybridized carbons (Fsp3) is 0.643. The molecule has 0 radical (unpaired) electrons. The van der Waals surface area contributed by atoms with Crippen LogP contribution in [0, 0.1) is 23.7 Å². The number of anilines is 1. The second-order valence-corrected chi connectivity index (χ2v) is 13.5. The van der Waals surface area contributed by atoms with Crippen molar-refractivity contribution in [3.63, 3.8) is 0 Å². The van der Waals surface area contributed by atoms with Gasteiger partial charge in [-0.05, 0) is 100 Å². The first-order chi connectivity index (χ1) is 17.7. The number of imide groups is 1. The number of carboxylic acid groups (broad SMARTS) is 1. The zero-order valence-corrected chi connectivity index (χ0v) is 23.2. The lowest BCUT2D eigenvalue weighted by Gasteiger charge is -2.35. The number of carbonyl (C=O) groups is 4. The highest BCUT2D eigenvalue weighted by Crippen LogP contribution is 2.47. The molecular formula is C28H36N2O5S2. The molecule has 2 saturated carbocycles. The van der Waals surface area contributed by atoms with E-state index in [0.717, 1.165) is 56.2 Å². The van der Waals surface area contributed by atoms with Crippen molar-refractivity contribution in [2.45, 2.75) is 82.8 Å². The van der Waals surface area contributed by atoms with Crippen molar-refractivity contribution in [3.05, 3.63) is 21.9 Å². The number of rotatable bonds is 6. The summed E-state index contributed by atoms with van der Waals surface area (Å²) < 4.78 is 1.67. The van der Waals surface area contributed by atoms with Crippen LogP contribution in [0.1, 0.15) is 92.1 Å². The number of thiophene rings is 1. The summed E-state index contributed by atoms with van der Waals surface area (Å²) in [6.45, 7) is 2.22. The molecule has 0 aromatic carbocycles. The van der Waals surface area contributed by atoms with Gasteiger partial charge in [0, 0.05) is 23.1 Å². The van der Waals surface area contributed by atoms with Gasteiger partial charge in [0.25, 0.3) is 0 Å². The highest BCUT2D eigenvalue weighted by molar-refractivity contribution is 8.02. The molecule has 0 spiro atoms. The molecule has 7 nitrogen and oxygen atoms in total. The van der Waals surface area contributed by atoms with Crippen LogP contribution in [0.15, 0.2) is 12.1 Å². The van der Waals surface area contributed by atoms with Crippen molar-refractivity contribution in [1.82, 2.24) is 4.90 Å². The first-order valence-electron chi connectivity index (χ1n) is 13.6. The highest BCUT2D eigenvalue weighted by Gasteiger charge is 2.49. The van der Waals surface area contributed by atoms with E-state index < -0.39 is 5.97 Å². The summed E-state index contributed by atoms with van der Waals surface area (Å²) in [7, 11) is 1.55. The number of aromatic carboxylic acids is 1. The molecular weight excluding hydrogens is 508 g/mol. The molecule has 3 amide bonds. The minimum atomic E-state index is -1.01. The van der Waals surface area contributed by atoms with Gasteiger partial charge >= 0.3 is 5.97 Å². The summed E-state index contributed by atoms with van der Waals surface area (Å²) in [4.78, 5) is 54.0. The van der Waals surface area contributed by atoms with Crippen molar-refractivity contribution < 1.29 is 24.3 Å². The normalized spacial score (nSPS) is 30.2. The Morgan fingerprint density at radius 1 is 1.05 bits per heavy atom. The minimum Gasteiger partial charge on any atom is -0.477 e. The Morgan fingerprint density at radius 2 is 1.78 bits per heavy atom. The molecule has 5 rings (SSSR count). The SMILES string of the molecule is CC1CCC(C(=O)N(SC2CCC3C(=O)N(C)C(=O)C3C2)c2cc(C3=CCCCC3)sc2C(=O)O)CC1. The van der Waals surface area contributed by atoms with Crippen LogP contribution in [0.5, 0.6) is 0 Å². The van der Waals surface area contributed by atoms with Gasteiger partial charge in [-0.25, -0.2) is 4.79 Å². The van der Waals surface area contributed by atoms with Crippen LogP contribution in [0.4, 0.5) is 5.69 Å². The summed E-state index contributed by atoms with van der Waals surface area (Å²) in [5.41, 5.74) is 1.65. The van der Waals surface area contributed by atoms with Crippen LogP contribution >= 0.6 is 23.3 Å². The van der Waals surface area contributed by atoms with Gasteiger partial charge in [-0.3, -0.25) is 23.6 Å². The van der Waals surface area contributed by atoms with E-state index in [9.17, 15) is 24.3 Å². The van der Waals surface area contributed by atoms with Gasteiger partial charge < -0.3 is 5.11 Å². The predicted molar refractivity (Wildman–Crippen MR) is 146 cm³/mol. The molecule has 37 heavy (non-hydrogen) atoms. The third-order valence-electron chi connectivity index (χ3n) is 8.65. The number of allylic oxidation sites excluding steroid dienone is 2. The van der Waals surface area contributed by atoms with E-state index in [1.165, 1.54) is 33.8 Å². The number of hydrogen-bond acceptors (Lipinski definition) is 6. The molecule has 3 aliphatic carbocycles. The molecule has 0 bridgehead atoms. The van der Waals surface area contributed by atoms with Gasteiger partial charge in [0.15, 0.2) is 0 Å². The number of carbonyl (C=O) groups excluding carboxylic acids is 3. The predicted octanol–water partition coefficient (Wildman–Crippen LogP) is 5.99.